The van der Waals surface area contributed by atoms with Gasteiger partial charge in [0.2, 0.25) is 11.8 Å². The third-order valence-corrected chi connectivity index (χ3v) is 5.08. The molecule has 0 spiro atoms. The van der Waals surface area contributed by atoms with Crippen molar-refractivity contribution in [1.82, 2.24) is 15.2 Å². The molecule has 172 valence electrons. The van der Waals surface area contributed by atoms with Crippen molar-refractivity contribution in [3.8, 4) is 0 Å². The van der Waals surface area contributed by atoms with E-state index >= 15 is 0 Å². The molecule has 9 nitrogen and oxygen atoms in total. The van der Waals surface area contributed by atoms with Gasteiger partial charge in [-0.05, 0) is 18.1 Å². The number of carbonyl (C=O) groups excluding carboxylic acids is 3. The summed E-state index contributed by atoms with van der Waals surface area (Å²) in [4.78, 5) is 41.9. The molecule has 0 radical (unpaired) electrons. The van der Waals surface area contributed by atoms with E-state index in [0.717, 1.165) is 18.4 Å². The third kappa shape index (κ3) is 8.26. The van der Waals surface area contributed by atoms with Crippen LogP contribution in [0.1, 0.15) is 44.2 Å². The molecular weight excluding hydrogens is 402 g/mol. The van der Waals surface area contributed by atoms with Crippen molar-refractivity contribution in [2.45, 2.75) is 38.6 Å². The summed E-state index contributed by atoms with van der Waals surface area (Å²) in [6.07, 6.45) is 5.62. The quantitative estimate of drug-likeness (QED) is 0.348. The van der Waals surface area contributed by atoms with Gasteiger partial charge in [0.15, 0.2) is 0 Å². The second-order valence-corrected chi connectivity index (χ2v) is 7.39. The van der Waals surface area contributed by atoms with Gasteiger partial charge < -0.3 is 24.4 Å². The van der Waals surface area contributed by atoms with Gasteiger partial charge in [-0.1, -0.05) is 19.4 Å². The van der Waals surface area contributed by atoms with Crippen LogP contribution in [0.4, 0.5) is 0 Å². The molecule has 2 heterocycles. The molecule has 1 fully saturated rings. The highest BCUT2D eigenvalue weighted by molar-refractivity contribution is 5.90. The number of rotatable bonds is 14. The average Bonchev–Trinajstić information content (AvgIpc) is 3.07. The lowest BCUT2D eigenvalue weighted by Gasteiger charge is -2.24. The third-order valence-electron chi connectivity index (χ3n) is 5.08. The average molecular weight is 436 g/mol. The Bertz CT molecular complexity index is 700. The van der Waals surface area contributed by atoms with Gasteiger partial charge in [0, 0.05) is 32.4 Å². The molecule has 9 heteroatoms. The van der Waals surface area contributed by atoms with E-state index in [1.807, 2.05) is 13.0 Å². The first-order valence-corrected chi connectivity index (χ1v) is 10.8. The van der Waals surface area contributed by atoms with Gasteiger partial charge in [0.25, 0.3) is 0 Å². The Kier molecular flexibility index (Phi) is 10.9. The van der Waals surface area contributed by atoms with Crippen molar-refractivity contribution in [1.29, 1.82) is 0 Å². The Balaban J connectivity index is 1.57. The number of nitrogens with zero attached hydrogens (tertiary/aromatic N) is 2. The molecule has 1 saturated heterocycles. The molecule has 2 atom stereocenters. The van der Waals surface area contributed by atoms with Crippen LogP contribution in [0, 0.1) is 5.92 Å². The van der Waals surface area contributed by atoms with Crippen LogP contribution in [0.2, 0.25) is 0 Å². The Morgan fingerprint density at radius 1 is 1.19 bits per heavy atom. The van der Waals surface area contributed by atoms with E-state index in [-0.39, 0.29) is 36.7 Å². The number of hydrogen-bond acceptors (Lipinski definition) is 7. The summed E-state index contributed by atoms with van der Waals surface area (Å²) in [7, 11) is 1.71. The Labute approximate surface area is 183 Å². The molecule has 0 aromatic carbocycles. The van der Waals surface area contributed by atoms with Crippen LogP contribution in [-0.2, 0) is 28.6 Å². The number of likely N-dealkylation sites (tertiary alicyclic amines) is 1. The molecular formula is C22H33N3O6. The lowest BCUT2D eigenvalue weighted by Crippen LogP contribution is -2.36. The number of hydrogen-bond donors (Lipinski definition) is 1. The minimum Gasteiger partial charge on any atom is -0.466 e. The predicted molar refractivity (Wildman–Crippen MR) is 113 cm³/mol. The van der Waals surface area contributed by atoms with E-state index in [4.69, 9.17) is 14.2 Å². The molecule has 1 aliphatic heterocycles. The highest BCUT2D eigenvalue weighted by atomic mass is 16.5. The summed E-state index contributed by atoms with van der Waals surface area (Å²) in [5.74, 6) is -0.940. The molecule has 31 heavy (non-hydrogen) atoms. The topological polar surface area (TPSA) is 107 Å². The Morgan fingerprint density at radius 3 is 2.68 bits per heavy atom. The number of esters is 1. The fraction of sp³-hybridized carbons (Fsp3) is 0.636. The molecule has 1 aromatic heterocycles. The van der Waals surface area contributed by atoms with Crippen molar-refractivity contribution in [2.75, 3.05) is 46.6 Å². The van der Waals surface area contributed by atoms with Gasteiger partial charge in [-0.2, -0.15) is 0 Å². The fourth-order valence-electron chi connectivity index (χ4n) is 3.37. The number of amides is 2. The summed E-state index contributed by atoms with van der Waals surface area (Å²) in [5.41, 5.74) is 0.846. The second kappa shape index (κ2) is 13.7. The minimum atomic E-state index is -0.456. The smallest absolute Gasteiger partial charge is 0.308 e. The number of nitrogens with one attached hydrogen (secondary N) is 1. The largest absolute Gasteiger partial charge is 0.466 e. The van der Waals surface area contributed by atoms with Crippen LogP contribution >= 0.6 is 0 Å². The van der Waals surface area contributed by atoms with Crippen LogP contribution in [0.15, 0.2) is 24.5 Å². The molecule has 1 N–H and O–H groups in total. The van der Waals surface area contributed by atoms with Gasteiger partial charge in [-0.25, -0.2) is 0 Å². The van der Waals surface area contributed by atoms with Crippen molar-refractivity contribution in [2.24, 2.45) is 5.92 Å². The van der Waals surface area contributed by atoms with Gasteiger partial charge in [-0.15, -0.1) is 0 Å². The monoisotopic (exact) mass is 435 g/mol. The first-order chi connectivity index (χ1) is 15.0. The lowest BCUT2D eigenvalue weighted by atomic mass is 9.94. The summed E-state index contributed by atoms with van der Waals surface area (Å²) in [6, 6.07) is 3.36. The van der Waals surface area contributed by atoms with Crippen molar-refractivity contribution >= 4 is 17.8 Å². The zero-order valence-corrected chi connectivity index (χ0v) is 18.4. The molecule has 0 saturated carbocycles. The first-order valence-electron chi connectivity index (χ1n) is 10.8. The minimum absolute atomic E-state index is 0.0587. The number of pyridine rings is 1. The Morgan fingerprint density at radius 2 is 1.97 bits per heavy atom. The number of carbonyl (C=O) groups is 3. The SMILES string of the molecule is CCCCOC(=O)CCOCCOCCNC(=O)[C@H]1CC(=O)N(C)[C@@H]1c1cccnc1. The highest BCUT2D eigenvalue weighted by Gasteiger charge is 2.42. The van der Waals surface area contributed by atoms with E-state index in [1.54, 1.807) is 30.4 Å². The molecule has 2 rings (SSSR count). The maximum atomic E-state index is 12.6. The van der Waals surface area contributed by atoms with Crippen LogP contribution in [0.25, 0.3) is 0 Å². The van der Waals surface area contributed by atoms with Gasteiger partial charge >= 0.3 is 5.97 Å². The van der Waals surface area contributed by atoms with Gasteiger partial charge in [0.05, 0.1) is 51.4 Å². The van der Waals surface area contributed by atoms with E-state index in [9.17, 15) is 14.4 Å². The molecule has 1 aliphatic rings. The maximum absolute atomic E-state index is 12.6. The van der Waals surface area contributed by atoms with Crippen molar-refractivity contribution in [3.63, 3.8) is 0 Å². The first kappa shape index (κ1) is 24.7. The molecule has 2 amide bonds. The number of aromatic nitrogens is 1. The van der Waals surface area contributed by atoms with Gasteiger partial charge in [-0.3, -0.25) is 19.4 Å². The molecule has 0 bridgehead atoms. The van der Waals surface area contributed by atoms with Crippen LogP contribution < -0.4 is 5.32 Å². The van der Waals surface area contributed by atoms with Crippen LogP contribution in [-0.4, -0.2) is 74.3 Å². The lowest BCUT2D eigenvalue weighted by molar-refractivity contribution is -0.145. The summed E-state index contributed by atoms with van der Waals surface area (Å²) < 4.78 is 15.8. The standard InChI is InChI=1S/C22H33N3O6/c1-3-4-10-31-20(27)7-11-29-13-14-30-12-9-24-22(28)18-15-19(26)25(2)21(18)17-6-5-8-23-16-17/h5-6,8,16,18,21H,3-4,7,9-15H2,1-2H3,(H,24,28)/t18-,21+/m0/s1. The van der Waals surface area contributed by atoms with Crippen LogP contribution in [0.3, 0.4) is 0 Å². The summed E-state index contributed by atoms with van der Waals surface area (Å²) in [5, 5.41) is 2.84. The van der Waals surface area contributed by atoms with E-state index in [1.165, 1.54) is 0 Å². The predicted octanol–water partition coefficient (Wildman–Crippen LogP) is 1.48. The van der Waals surface area contributed by atoms with Crippen molar-refractivity contribution < 1.29 is 28.6 Å². The maximum Gasteiger partial charge on any atom is 0.308 e. The second-order valence-electron chi connectivity index (χ2n) is 7.39. The molecule has 0 aliphatic carbocycles. The highest BCUT2D eigenvalue weighted by Crippen LogP contribution is 2.36. The molecule has 1 aromatic rings. The van der Waals surface area contributed by atoms with Gasteiger partial charge in [0.1, 0.15) is 0 Å². The Hall–Kier alpha value is -2.52. The zero-order chi connectivity index (χ0) is 22.5. The summed E-state index contributed by atoms with van der Waals surface area (Å²) >= 11 is 0. The van der Waals surface area contributed by atoms with E-state index in [0.29, 0.717) is 39.6 Å². The zero-order valence-electron chi connectivity index (χ0n) is 18.4. The van der Waals surface area contributed by atoms with E-state index < -0.39 is 5.92 Å². The van der Waals surface area contributed by atoms with Crippen LogP contribution in [0.5, 0.6) is 0 Å². The number of ether oxygens (including phenoxy) is 3. The number of unbranched alkanes of at least 4 members (excludes halogenated alkanes) is 1. The fourth-order valence-corrected chi connectivity index (χ4v) is 3.37. The van der Waals surface area contributed by atoms with Crippen molar-refractivity contribution in [3.05, 3.63) is 30.1 Å². The molecule has 0 unspecified atom stereocenters. The normalized spacial score (nSPS) is 18.3. The van der Waals surface area contributed by atoms with E-state index in [2.05, 4.69) is 10.3 Å². The summed E-state index contributed by atoms with van der Waals surface area (Å²) in [6.45, 7) is 4.20.